The van der Waals surface area contributed by atoms with Crippen molar-refractivity contribution in [2.75, 3.05) is 11.4 Å². The van der Waals surface area contributed by atoms with Crippen LogP contribution in [0, 0.1) is 5.92 Å². The van der Waals surface area contributed by atoms with Crippen molar-refractivity contribution >= 4 is 23.0 Å². The highest BCUT2D eigenvalue weighted by atomic mass is 32.1. The Balaban J connectivity index is 1.91. The van der Waals surface area contributed by atoms with E-state index in [0.717, 1.165) is 12.1 Å². The van der Waals surface area contributed by atoms with Crippen LogP contribution in [0.15, 0.2) is 41.1 Å². The van der Waals surface area contributed by atoms with Crippen LogP contribution >= 0.6 is 11.3 Å². The van der Waals surface area contributed by atoms with Gasteiger partial charge in [-0.3, -0.25) is 4.79 Å². The summed E-state index contributed by atoms with van der Waals surface area (Å²) in [5.41, 5.74) is 3.55. The van der Waals surface area contributed by atoms with Crippen LogP contribution < -0.4 is 4.90 Å². The van der Waals surface area contributed by atoms with Gasteiger partial charge in [-0.15, -0.1) is 0 Å². The largest absolute Gasteiger partial charge is 0.481 e. The van der Waals surface area contributed by atoms with Gasteiger partial charge in [0.15, 0.2) is 0 Å². The molecule has 1 aliphatic rings. The van der Waals surface area contributed by atoms with Gasteiger partial charge in [0.2, 0.25) is 0 Å². The molecule has 19 heavy (non-hydrogen) atoms. The summed E-state index contributed by atoms with van der Waals surface area (Å²) in [5, 5.41) is 13.5. The molecule has 1 aromatic heterocycles. The number of aliphatic carboxylic acids is 1. The van der Waals surface area contributed by atoms with Gasteiger partial charge in [0, 0.05) is 18.8 Å². The van der Waals surface area contributed by atoms with Crippen LogP contribution in [-0.4, -0.2) is 17.6 Å². The number of carboxylic acid groups (broad SMARTS) is 1. The molecule has 0 saturated heterocycles. The van der Waals surface area contributed by atoms with E-state index in [2.05, 4.69) is 27.8 Å². The molecule has 4 heteroatoms. The molecule has 1 atom stereocenters. The van der Waals surface area contributed by atoms with Gasteiger partial charge in [0.1, 0.15) is 0 Å². The van der Waals surface area contributed by atoms with Crippen LogP contribution in [0.2, 0.25) is 0 Å². The molecule has 0 amide bonds. The minimum atomic E-state index is -0.704. The Morgan fingerprint density at radius 2 is 2.21 bits per heavy atom. The highest BCUT2D eigenvalue weighted by Gasteiger charge is 2.28. The summed E-state index contributed by atoms with van der Waals surface area (Å²) < 4.78 is 0. The number of anilines is 1. The van der Waals surface area contributed by atoms with Gasteiger partial charge in [-0.1, -0.05) is 18.2 Å². The number of nitrogens with zero attached hydrogens (tertiary/aromatic N) is 1. The molecule has 0 radical (unpaired) electrons. The first-order chi connectivity index (χ1) is 9.24. The lowest BCUT2D eigenvalue weighted by Gasteiger charge is -2.34. The quantitative estimate of drug-likeness (QED) is 0.934. The first-order valence-corrected chi connectivity index (χ1v) is 7.25. The molecule has 98 valence electrons. The Bertz CT molecular complexity index is 580. The van der Waals surface area contributed by atoms with E-state index in [-0.39, 0.29) is 5.92 Å². The van der Waals surface area contributed by atoms with Crippen molar-refractivity contribution in [1.29, 1.82) is 0 Å². The summed E-state index contributed by atoms with van der Waals surface area (Å²) >= 11 is 1.67. The van der Waals surface area contributed by atoms with E-state index in [1.807, 2.05) is 18.2 Å². The topological polar surface area (TPSA) is 40.5 Å². The van der Waals surface area contributed by atoms with Crippen molar-refractivity contribution in [2.45, 2.75) is 13.0 Å². The predicted octanol–water partition coefficient (Wildman–Crippen LogP) is 3.01. The molecule has 2 heterocycles. The highest BCUT2D eigenvalue weighted by molar-refractivity contribution is 7.07. The molecule has 1 unspecified atom stereocenters. The van der Waals surface area contributed by atoms with Gasteiger partial charge in [-0.25, -0.2) is 0 Å². The van der Waals surface area contributed by atoms with Gasteiger partial charge >= 0.3 is 5.97 Å². The number of carboxylic acids is 1. The monoisotopic (exact) mass is 273 g/mol. The summed E-state index contributed by atoms with van der Waals surface area (Å²) in [6, 6.07) is 10.2. The van der Waals surface area contributed by atoms with Gasteiger partial charge in [-0.05, 0) is 40.4 Å². The van der Waals surface area contributed by atoms with Crippen molar-refractivity contribution in [3.05, 3.63) is 52.2 Å². The van der Waals surface area contributed by atoms with E-state index in [4.69, 9.17) is 0 Å². The lowest BCUT2D eigenvalue weighted by Crippen LogP contribution is -2.38. The number of fused-ring (bicyclic) bond motifs is 1. The number of hydrogen-bond donors (Lipinski definition) is 1. The van der Waals surface area contributed by atoms with Crippen molar-refractivity contribution in [1.82, 2.24) is 0 Å². The fourth-order valence-electron chi connectivity index (χ4n) is 2.60. The Morgan fingerprint density at radius 1 is 1.37 bits per heavy atom. The summed E-state index contributed by atoms with van der Waals surface area (Å²) in [6.45, 7) is 1.37. The predicted molar refractivity (Wildman–Crippen MR) is 76.6 cm³/mol. The zero-order valence-electron chi connectivity index (χ0n) is 10.5. The Labute approximate surface area is 116 Å². The van der Waals surface area contributed by atoms with Crippen molar-refractivity contribution in [2.24, 2.45) is 5.92 Å². The lowest BCUT2D eigenvalue weighted by atomic mass is 9.92. The molecular weight excluding hydrogens is 258 g/mol. The molecule has 1 aliphatic heterocycles. The third-order valence-electron chi connectivity index (χ3n) is 3.54. The van der Waals surface area contributed by atoms with Crippen LogP contribution in [0.1, 0.15) is 11.1 Å². The van der Waals surface area contributed by atoms with Gasteiger partial charge in [0.25, 0.3) is 0 Å². The molecule has 2 aromatic rings. The minimum absolute atomic E-state index is 0.312. The van der Waals surface area contributed by atoms with Crippen molar-refractivity contribution in [3.8, 4) is 0 Å². The van der Waals surface area contributed by atoms with Gasteiger partial charge in [-0.2, -0.15) is 11.3 Å². The van der Waals surface area contributed by atoms with E-state index in [1.165, 1.54) is 11.3 Å². The molecular formula is C15H15NO2S. The maximum absolute atomic E-state index is 11.3. The lowest BCUT2D eigenvalue weighted by molar-refractivity contribution is -0.141. The minimum Gasteiger partial charge on any atom is -0.481 e. The molecule has 1 aromatic carbocycles. The summed E-state index contributed by atoms with van der Waals surface area (Å²) in [6.07, 6.45) is 0.631. The van der Waals surface area contributed by atoms with Crippen LogP contribution in [0.25, 0.3) is 0 Å². The molecule has 0 bridgehead atoms. The fraction of sp³-hybridized carbons (Fsp3) is 0.267. The van der Waals surface area contributed by atoms with E-state index >= 15 is 0 Å². The zero-order valence-corrected chi connectivity index (χ0v) is 11.3. The average Bonchev–Trinajstić information content (AvgIpc) is 2.91. The first-order valence-electron chi connectivity index (χ1n) is 6.31. The molecule has 0 aliphatic carbocycles. The molecule has 0 fully saturated rings. The summed E-state index contributed by atoms with van der Waals surface area (Å²) in [4.78, 5) is 13.5. The fourth-order valence-corrected chi connectivity index (χ4v) is 3.26. The molecule has 3 nitrogen and oxygen atoms in total. The van der Waals surface area contributed by atoms with Crippen LogP contribution in [-0.2, 0) is 17.8 Å². The van der Waals surface area contributed by atoms with Crippen LogP contribution in [0.3, 0.4) is 0 Å². The van der Waals surface area contributed by atoms with Crippen LogP contribution in [0.5, 0.6) is 0 Å². The Kier molecular flexibility index (Phi) is 3.25. The Hall–Kier alpha value is -1.81. The molecule has 0 spiro atoms. The number of rotatable bonds is 3. The average molecular weight is 273 g/mol. The third kappa shape index (κ3) is 2.49. The second-order valence-corrected chi connectivity index (χ2v) is 5.66. The SMILES string of the molecule is O=C(O)C1Cc2ccccc2N(Cc2ccsc2)C1. The first kappa shape index (κ1) is 12.2. The number of para-hydroxylation sites is 1. The molecule has 0 saturated carbocycles. The second kappa shape index (κ2) is 5.05. The normalized spacial score (nSPS) is 18.1. The maximum atomic E-state index is 11.3. The molecule has 3 rings (SSSR count). The zero-order chi connectivity index (χ0) is 13.2. The second-order valence-electron chi connectivity index (χ2n) is 4.88. The standard InChI is InChI=1S/C15H15NO2S/c17-15(18)13-7-12-3-1-2-4-14(12)16(9-13)8-11-5-6-19-10-11/h1-6,10,13H,7-9H2,(H,17,18). The van der Waals surface area contributed by atoms with Crippen LogP contribution in [0.4, 0.5) is 5.69 Å². The summed E-state index contributed by atoms with van der Waals surface area (Å²) in [7, 11) is 0. The molecule has 1 N–H and O–H groups in total. The smallest absolute Gasteiger partial charge is 0.308 e. The van der Waals surface area contributed by atoms with E-state index in [1.54, 1.807) is 11.3 Å². The number of carbonyl (C=O) groups is 1. The highest BCUT2D eigenvalue weighted by Crippen LogP contribution is 2.31. The van der Waals surface area contributed by atoms with E-state index in [9.17, 15) is 9.90 Å². The number of benzene rings is 1. The van der Waals surface area contributed by atoms with Crippen molar-refractivity contribution in [3.63, 3.8) is 0 Å². The van der Waals surface area contributed by atoms with Gasteiger partial charge in [0.05, 0.1) is 5.92 Å². The number of thiophene rings is 1. The third-order valence-corrected chi connectivity index (χ3v) is 4.27. The van der Waals surface area contributed by atoms with E-state index < -0.39 is 5.97 Å². The van der Waals surface area contributed by atoms with E-state index in [0.29, 0.717) is 13.0 Å². The van der Waals surface area contributed by atoms with Gasteiger partial charge < -0.3 is 10.0 Å². The summed E-state index contributed by atoms with van der Waals surface area (Å²) in [5.74, 6) is -1.02. The van der Waals surface area contributed by atoms with Crippen molar-refractivity contribution < 1.29 is 9.90 Å². The number of hydrogen-bond acceptors (Lipinski definition) is 3. The Morgan fingerprint density at radius 3 is 2.95 bits per heavy atom. The maximum Gasteiger partial charge on any atom is 0.308 e.